The number of carbonyl (C=O) groups excluding carboxylic acids is 2. The Morgan fingerprint density at radius 2 is 1.83 bits per heavy atom. The molecule has 0 aliphatic rings. The maximum atomic E-state index is 12.0. The van der Waals surface area contributed by atoms with E-state index in [0.717, 1.165) is 21.4 Å². The fourth-order valence-corrected chi connectivity index (χ4v) is 2.29. The number of fused-ring (bicyclic) bond motifs is 1. The smallest absolute Gasteiger partial charge is 0.284 e. The lowest BCUT2D eigenvalue weighted by molar-refractivity contribution is -0.172. The Bertz CT molecular complexity index is 585. The molecule has 0 atom stereocenters. The van der Waals surface area contributed by atoms with E-state index in [2.05, 4.69) is 0 Å². The maximum Gasteiger partial charge on any atom is 0.471 e. The highest BCUT2D eigenvalue weighted by molar-refractivity contribution is 7.20. The van der Waals surface area contributed by atoms with Gasteiger partial charge in [0.1, 0.15) is 0 Å². The van der Waals surface area contributed by atoms with Crippen LogP contribution in [0.3, 0.4) is 0 Å². The zero-order valence-electron chi connectivity index (χ0n) is 8.75. The lowest BCUT2D eigenvalue weighted by atomic mass is 10.2. The van der Waals surface area contributed by atoms with Gasteiger partial charge < -0.3 is 0 Å². The van der Waals surface area contributed by atoms with Gasteiger partial charge >= 0.3 is 12.1 Å². The molecule has 0 spiro atoms. The minimum Gasteiger partial charge on any atom is -0.284 e. The Labute approximate surface area is 103 Å². The monoisotopic (exact) mass is 273 g/mol. The van der Waals surface area contributed by atoms with Crippen molar-refractivity contribution < 1.29 is 22.8 Å². The second-order valence-corrected chi connectivity index (χ2v) is 4.51. The first-order chi connectivity index (χ1) is 8.38. The fraction of sp³-hybridized carbons (Fsp3) is 0.0909. The molecule has 2 aromatic rings. The summed E-state index contributed by atoms with van der Waals surface area (Å²) in [5.74, 6) is -3.30. The number of thiophene rings is 1. The second kappa shape index (κ2) is 4.41. The zero-order valence-corrected chi connectivity index (χ0v) is 9.56. The highest BCUT2D eigenvalue weighted by Crippen LogP contribution is 2.25. The summed E-state index contributed by atoms with van der Waals surface area (Å²) in [7, 11) is 0. The SMILES string of the molecule is O=C(NC(=O)C(F)(F)F)c1cc2ccccc2s1. The molecule has 7 heteroatoms. The Morgan fingerprint density at radius 3 is 2.44 bits per heavy atom. The van der Waals surface area contributed by atoms with Crippen molar-refractivity contribution in [2.24, 2.45) is 0 Å². The average Bonchev–Trinajstić information content (AvgIpc) is 2.71. The van der Waals surface area contributed by atoms with Gasteiger partial charge in [0.25, 0.3) is 5.91 Å². The van der Waals surface area contributed by atoms with E-state index >= 15 is 0 Å². The molecule has 1 N–H and O–H groups in total. The number of benzene rings is 1. The van der Waals surface area contributed by atoms with Gasteiger partial charge in [0.05, 0.1) is 4.88 Å². The van der Waals surface area contributed by atoms with E-state index < -0.39 is 18.0 Å². The van der Waals surface area contributed by atoms with Crippen molar-refractivity contribution in [2.45, 2.75) is 6.18 Å². The first-order valence-corrected chi connectivity index (χ1v) is 5.60. The number of nitrogens with one attached hydrogen (secondary N) is 1. The topological polar surface area (TPSA) is 46.2 Å². The Morgan fingerprint density at radius 1 is 1.17 bits per heavy atom. The Balaban J connectivity index is 2.21. The standard InChI is InChI=1S/C11H6F3NO2S/c12-11(13,14)10(17)15-9(16)8-5-6-3-1-2-4-7(6)18-8/h1-5H,(H,15,16,17). The number of rotatable bonds is 1. The summed E-state index contributed by atoms with van der Waals surface area (Å²) < 4.78 is 36.7. The van der Waals surface area contributed by atoms with Crippen LogP contribution in [-0.2, 0) is 4.79 Å². The number of carbonyl (C=O) groups is 2. The summed E-state index contributed by atoms with van der Waals surface area (Å²) in [5, 5.41) is 2.05. The summed E-state index contributed by atoms with van der Waals surface area (Å²) in [6.07, 6.45) is -5.06. The third kappa shape index (κ3) is 2.51. The quantitative estimate of drug-likeness (QED) is 0.868. The third-order valence-corrected chi connectivity index (χ3v) is 3.25. The third-order valence-electron chi connectivity index (χ3n) is 2.13. The molecular weight excluding hydrogens is 267 g/mol. The summed E-state index contributed by atoms with van der Waals surface area (Å²) in [4.78, 5) is 22.1. The van der Waals surface area contributed by atoms with Crippen LogP contribution in [0.5, 0.6) is 0 Å². The van der Waals surface area contributed by atoms with E-state index in [1.54, 1.807) is 24.3 Å². The minimum atomic E-state index is -5.06. The molecule has 94 valence electrons. The first-order valence-electron chi connectivity index (χ1n) is 4.79. The molecule has 0 saturated heterocycles. The maximum absolute atomic E-state index is 12.0. The predicted molar refractivity (Wildman–Crippen MR) is 60.4 cm³/mol. The van der Waals surface area contributed by atoms with Gasteiger partial charge in [-0.25, -0.2) is 0 Å². The fourth-order valence-electron chi connectivity index (χ4n) is 1.33. The van der Waals surface area contributed by atoms with Crippen LogP contribution in [0.2, 0.25) is 0 Å². The van der Waals surface area contributed by atoms with Crippen LogP contribution in [-0.4, -0.2) is 18.0 Å². The normalized spacial score (nSPS) is 11.5. The van der Waals surface area contributed by atoms with Crippen molar-refractivity contribution in [2.75, 3.05) is 0 Å². The van der Waals surface area contributed by atoms with Gasteiger partial charge in [0, 0.05) is 4.70 Å². The van der Waals surface area contributed by atoms with Gasteiger partial charge in [0.15, 0.2) is 0 Å². The lowest BCUT2D eigenvalue weighted by Crippen LogP contribution is -2.40. The average molecular weight is 273 g/mol. The molecule has 0 radical (unpaired) electrons. The van der Waals surface area contributed by atoms with E-state index in [0.29, 0.717) is 0 Å². The molecule has 0 fully saturated rings. The van der Waals surface area contributed by atoms with Crippen LogP contribution >= 0.6 is 11.3 Å². The second-order valence-electron chi connectivity index (χ2n) is 3.43. The largest absolute Gasteiger partial charge is 0.471 e. The van der Waals surface area contributed by atoms with Crippen molar-refractivity contribution in [3.63, 3.8) is 0 Å². The van der Waals surface area contributed by atoms with Crippen molar-refractivity contribution in [1.29, 1.82) is 0 Å². The molecule has 0 aliphatic carbocycles. The van der Waals surface area contributed by atoms with Crippen molar-refractivity contribution in [1.82, 2.24) is 5.32 Å². The molecular formula is C11H6F3NO2S. The van der Waals surface area contributed by atoms with Crippen LogP contribution in [0, 0.1) is 0 Å². The highest BCUT2D eigenvalue weighted by atomic mass is 32.1. The minimum absolute atomic E-state index is 0.0637. The van der Waals surface area contributed by atoms with Crippen LogP contribution < -0.4 is 5.32 Å². The predicted octanol–water partition coefficient (Wildman–Crippen LogP) is 2.72. The van der Waals surface area contributed by atoms with Crippen molar-refractivity contribution >= 4 is 33.2 Å². The summed E-state index contributed by atoms with van der Waals surface area (Å²) in [6, 6.07) is 8.41. The summed E-state index contributed by atoms with van der Waals surface area (Å²) >= 11 is 1.03. The molecule has 2 rings (SSSR count). The van der Waals surface area contributed by atoms with Gasteiger partial charge in [-0.15, -0.1) is 11.3 Å². The summed E-state index contributed by atoms with van der Waals surface area (Å²) in [6.45, 7) is 0. The Kier molecular flexibility index (Phi) is 3.08. The molecule has 0 unspecified atom stereocenters. The molecule has 0 aliphatic heterocycles. The molecule has 1 aromatic carbocycles. The lowest BCUT2D eigenvalue weighted by Gasteiger charge is -2.04. The highest BCUT2D eigenvalue weighted by Gasteiger charge is 2.39. The van der Waals surface area contributed by atoms with Crippen molar-refractivity contribution in [3.8, 4) is 0 Å². The van der Waals surface area contributed by atoms with Crippen LogP contribution in [0.25, 0.3) is 10.1 Å². The van der Waals surface area contributed by atoms with Crippen LogP contribution in [0.15, 0.2) is 30.3 Å². The number of amides is 2. The zero-order chi connectivity index (χ0) is 13.3. The van der Waals surface area contributed by atoms with E-state index in [1.807, 2.05) is 0 Å². The molecule has 1 aromatic heterocycles. The number of hydrogen-bond donors (Lipinski definition) is 1. The number of halogens is 3. The van der Waals surface area contributed by atoms with E-state index in [1.165, 1.54) is 11.4 Å². The van der Waals surface area contributed by atoms with E-state index in [4.69, 9.17) is 0 Å². The number of imide groups is 1. The molecule has 0 bridgehead atoms. The molecule has 18 heavy (non-hydrogen) atoms. The molecule has 2 amide bonds. The summed E-state index contributed by atoms with van der Waals surface area (Å²) in [5.41, 5.74) is 0. The van der Waals surface area contributed by atoms with E-state index in [-0.39, 0.29) is 4.88 Å². The number of alkyl halides is 3. The van der Waals surface area contributed by atoms with Gasteiger partial charge in [-0.05, 0) is 17.5 Å². The van der Waals surface area contributed by atoms with E-state index in [9.17, 15) is 22.8 Å². The van der Waals surface area contributed by atoms with Gasteiger partial charge in [-0.2, -0.15) is 13.2 Å². The molecule has 0 saturated carbocycles. The molecule has 3 nitrogen and oxygen atoms in total. The van der Waals surface area contributed by atoms with Crippen LogP contribution in [0.4, 0.5) is 13.2 Å². The van der Waals surface area contributed by atoms with Gasteiger partial charge in [0.2, 0.25) is 0 Å². The number of hydrogen-bond acceptors (Lipinski definition) is 3. The first kappa shape index (κ1) is 12.6. The van der Waals surface area contributed by atoms with Gasteiger partial charge in [-0.3, -0.25) is 14.9 Å². The van der Waals surface area contributed by atoms with Gasteiger partial charge in [-0.1, -0.05) is 18.2 Å². The molecule has 1 heterocycles. The van der Waals surface area contributed by atoms with Crippen molar-refractivity contribution in [3.05, 3.63) is 35.2 Å². The Hall–Kier alpha value is -1.89. The van der Waals surface area contributed by atoms with Crippen LogP contribution in [0.1, 0.15) is 9.67 Å².